The number of hydrogen-bond acceptors (Lipinski definition) is 3. The van der Waals surface area contributed by atoms with Crippen molar-refractivity contribution in [1.82, 2.24) is 5.32 Å². The molecule has 1 aliphatic rings. The molecule has 0 spiro atoms. The lowest BCUT2D eigenvalue weighted by atomic mass is 9.82. The summed E-state index contributed by atoms with van der Waals surface area (Å²) in [5.74, 6) is -1.18. The maximum Gasteiger partial charge on any atom is 0.307 e. The first-order valence-electron chi connectivity index (χ1n) is 5.68. The monoisotopic (exact) mass is 215 g/mol. The number of hydrogen-bond donors (Lipinski definition) is 3. The van der Waals surface area contributed by atoms with Crippen molar-refractivity contribution in [2.75, 3.05) is 13.2 Å². The van der Waals surface area contributed by atoms with Crippen molar-refractivity contribution in [1.29, 1.82) is 0 Å². The van der Waals surface area contributed by atoms with Crippen LogP contribution in [0.1, 0.15) is 39.0 Å². The van der Waals surface area contributed by atoms with Crippen LogP contribution >= 0.6 is 0 Å². The molecule has 1 fully saturated rings. The van der Waals surface area contributed by atoms with Crippen molar-refractivity contribution < 1.29 is 15.0 Å². The molecule has 4 nitrogen and oxygen atoms in total. The summed E-state index contributed by atoms with van der Waals surface area (Å²) >= 11 is 0. The lowest BCUT2D eigenvalue weighted by Crippen LogP contribution is -2.51. The molecule has 0 aliphatic heterocycles. The summed E-state index contributed by atoms with van der Waals surface area (Å²) in [6.07, 6.45) is 5.37. The second kappa shape index (κ2) is 5.47. The fourth-order valence-corrected chi connectivity index (χ4v) is 2.08. The van der Waals surface area contributed by atoms with E-state index in [1.807, 2.05) is 0 Å². The van der Waals surface area contributed by atoms with Gasteiger partial charge >= 0.3 is 5.97 Å². The van der Waals surface area contributed by atoms with E-state index in [0.717, 1.165) is 25.7 Å². The summed E-state index contributed by atoms with van der Waals surface area (Å²) < 4.78 is 0. The van der Waals surface area contributed by atoms with Crippen LogP contribution in [0.2, 0.25) is 0 Å². The molecule has 0 aromatic rings. The molecule has 0 saturated heterocycles. The minimum atomic E-state index is -0.786. The predicted octanol–water partition coefficient (Wildman–Crippen LogP) is 0.992. The summed E-state index contributed by atoms with van der Waals surface area (Å²) in [5, 5.41) is 21.4. The van der Waals surface area contributed by atoms with Gasteiger partial charge in [-0.1, -0.05) is 26.2 Å². The van der Waals surface area contributed by atoms with Gasteiger partial charge in [-0.2, -0.15) is 0 Å². The maximum absolute atomic E-state index is 10.7. The molecule has 3 N–H and O–H groups in total. The van der Waals surface area contributed by atoms with Crippen LogP contribution in [0.3, 0.4) is 0 Å². The molecule has 1 saturated carbocycles. The highest BCUT2D eigenvalue weighted by Crippen LogP contribution is 2.27. The number of aliphatic hydroxyl groups excluding tert-OH is 1. The van der Waals surface area contributed by atoms with Crippen molar-refractivity contribution in [3.05, 3.63) is 0 Å². The van der Waals surface area contributed by atoms with E-state index in [-0.39, 0.29) is 12.1 Å². The fraction of sp³-hybridized carbons (Fsp3) is 0.909. The van der Waals surface area contributed by atoms with E-state index in [0.29, 0.717) is 6.54 Å². The average Bonchev–Trinajstić information content (AvgIpc) is 2.27. The number of carboxylic acid groups (broad SMARTS) is 1. The van der Waals surface area contributed by atoms with E-state index in [1.165, 1.54) is 6.42 Å². The summed E-state index contributed by atoms with van der Waals surface area (Å²) in [4.78, 5) is 10.7. The highest BCUT2D eigenvalue weighted by Gasteiger charge is 2.31. The highest BCUT2D eigenvalue weighted by molar-refractivity contribution is 5.69. The Balaban J connectivity index is 2.42. The van der Waals surface area contributed by atoms with Gasteiger partial charge in [-0.3, -0.25) is 4.79 Å². The van der Waals surface area contributed by atoms with Crippen LogP contribution in [-0.4, -0.2) is 34.9 Å². The van der Waals surface area contributed by atoms with E-state index in [2.05, 4.69) is 5.32 Å². The topological polar surface area (TPSA) is 69.6 Å². The standard InChI is InChI=1S/C11H21NO3/c1-9(10(14)15)7-12-11(8-13)5-3-2-4-6-11/h9,12-13H,2-8H2,1H3,(H,14,15). The van der Waals surface area contributed by atoms with Gasteiger partial charge in [-0.15, -0.1) is 0 Å². The third-order valence-corrected chi connectivity index (χ3v) is 3.32. The van der Waals surface area contributed by atoms with Crippen LogP contribution in [0.25, 0.3) is 0 Å². The Hall–Kier alpha value is -0.610. The third-order valence-electron chi connectivity index (χ3n) is 3.32. The molecule has 0 heterocycles. The molecular weight excluding hydrogens is 194 g/mol. The lowest BCUT2D eigenvalue weighted by molar-refractivity contribution is -0.141. The molecule has 0 aromatic heterocycles. The van der Waals surface area contributed by atoms with Crippen molar-refractivity contribution >= 4 is 5.97 Å². The van der Waals surface area contributed by atoms with Crippen LogP contribution in [0.15, 0.2) is 0 Å². The summed E-state index contributed by atoms with van der Waals surface area (Å²) in [6.45, 7) is 2.23. The smallest absolute Gasteiger partial charge is 0.307 e. The molecule has 1 unspecified atom stereocenters. The SMILES string of the molecule is CC(CNC1(CO)CCCCC1)C(=O)O. The van der Waals surface area contributed by atoms with Crippen LogP contribution < -0.4 is 5.32 Å². The Bertz CT molecular complexity index is 212. The summed E-state index contributed by atoms with van der Waals surface area (Å²) in [5.41, 5.74) is -0.220. The first-order valence-corrected chi connectivity index (χ1v) is 5.68. The maximum atomic E-state index is 10.7. The van der Waals surface area contributed by atoms with E-state index in [4.69, 9.17) is 5.11 Å². The van der Waals surface area contributed by atoms with E-state index >= 15 is 0 Å². The van der Waals surface area contributed by atoms with E-state index in [9.17, 15) is 9.90 Å². The highest BCUT2D eigenvalue weighted by atomic mass is 16.4. The number of carboxylic acids is 1. The Morgan fingerprint density at radius 2 is 2.00 bits per heavy atom. The molecule has 0 radical (unpaired) electrons. The Labute approximate surface area is 90.7 Å². The molecule has 1 rings (SSSR count). The first kappa shape index (κ1) is 12.5. The van der Waals surface area contributed by atoms with Gasteiger partial charge in [0, 0.05) is 12.1 Å². The van der Waals surface area contributed by atoms with Crippen molar-refractivity contribution in [3.8, 4) is 0 Å². The second-order valence-electron chi connectivity index (χ2n) is 4.62. The van der Waals surface area contributed by atoms with Gasteiger partial charge in [0.15, 0.2) is 0 Å². The Morgan fingerprint density at radius 1 is 1.40 bits per heavy atom. The van der Waals surface area contributed by atoms with Crippen LogP contribution in [0, 0.1) is 5.92 Å². The fourth-order valence-electron chi connectivity index (χ4n) is 2.08. The number of aliphatic hydroxyl groups is 1. The number of nitrogens with one attached hydrogen (secondary N) is 1. The van der Waals surface area contributed by atoms with Crippen LogP contribution in [0.5, 0.6) is 0 Å². The molecule has 1 aliphatic carbocycles. The zero-order chi connectivity index (χ0) is 11.3. The molecule has 88 valence electrons. The summed E-state index contributed by atoms with van der Waals surface area (Å²) in [7, 11) is 0. The summed E-state index contributed by atoms with van der Waals surface area (Å²) in [6, 6.07) is 0. The molecular formula is C11H21NO3. The van der Waals surface area contributed by atoms with Gasteiger partial charge in [0.25, 0.3) is 0 Å². The van der Waals surface area contributed by atoms with E-state index < -0.39 is 11.9 Å². The third kappa shape index (κ3) is 3.47. The quantitative estimate of drug-likeness (QED) is 0.639. The molecule has 0 amide bonds. The number of carbonyl (C=O) groups is 1. The molecule has 4 heteroatoms. The molecule has 0 aromatic carbocycles. The lowest BCUT2D eigenvalue weighted by Gasteiger charge is -2.37. The number of aliphatic carboxylic acids is 1. The van der Waals surface area contributed by atoms with Gasteiger partial charge in [-0.05, 0) is 12.8 Å². The van der Waals surface area contributed by atoms with Gasteiger partial charge in [0.1, 0.15) is 0 Å². The van der Waals surface area contributed by atoms with Crippen LogP contribution in [0.4, 0.5) is 0 Å². The van der Waals surface area contributed by atoms with Gasteiger partial charge in [0.2, 0.25) is 0 Å². The molecule has 15 heavy (non-hydrogen) atoms. The largest absolute Gasteiger partial charge is 0.481 e. The minimum Gasteiger partial charge on any atom is -0.481 e. The zero-order valence-electron chi connectivity index (χ0n) is 9.33. The van der Waals surface area contributed by atoms with E-state index in [1.54, 1.807) is 6.92 Å². The van der Waals surface area contributed by atoms with Gasteiger partial charge in [-0.25, -0.2) is 0 Å². The van der Waals surface area contributed by atoms with Gasteiger partial charge < -0.3 is 15.5 Å². The average molecular weight is 215 g/mol. The van der Waals surface area contributed by atoms with Crippen LogP contribution in [-0.2, 0) is 4.79 Å². The normalized spacial score (nSPS) is 22.3. The second-order valence-corrected chi connectivity index (χ2v) is 4.62. The Morgan fingerprint density at radius 3 is 2.47 bits per heavy atom. The molecule has 0 bridgehead atoms. The van der Waals surface area contributed by atoms with Crippen molar-refractivity contribution in [2.45, 2.75) is 44.6 Å². The molecule has 1 atom stereocenters. The van der Waals surface area contributed by atoms with Crippen molar-refractivity contribution in [2.24, 2.45) is 5.92 Å². The van der Waals surface area contributed by atoms with Crippen molar-refractivity contribution in [3.63, 3.8) is 0 Å². The Kier molecular flexibility index (Phi) is 4.54. The minimum absolute atomic E-state index is 0.110. The number of rotatable bonds is 5. The predicted molar refractivity (Wildman–Crippen MR) is 57.7 cm³/mol. The van der Waals surface area contributed by atoms with Gasteiger partial charge in [0.05, 0.1) is 12.5 Å². The first-order chi connectivity index (χ1) is 7.09. The zero-order valence-corrected chi connectivity index (χ0v) is 9.33.